The quantitative estimate of drug-likeness (QED) is 0.808. The van der Waals surface area contributed by atoms with Crippen LogP contribution in [0.25, 0.3) is 0 Å². The maximum atomic E-state index is 12.0. The molecule has 0 aliphatic heterocycles. The molecule has 0 heterocycles. The second kappa shape index (κ2) is 8.29. The first kappa shape index (κ1) is 17.0. The van der Waals surface area contributed by atoms with E-state index >= 15 is 0 Å². The molecule has 2 aromatic carbocycles. The molecular weight excluding hydrogens is 316 g/mol. The Bertz CT molecular complexity index is 659. The van der Waals surface area contributed by atoms with Gasteiger partial charge >= 0.3 is 0 Å². The highest BCUT2D eigenvalue weighted by Crippen LogP contribution is 2.27. The summed E-state index contributed by atoms with van der Waals surface area (Å²) in [6, 6.07) is 12.5. The molecule has 2 N–H and O–H groups in total. The Labute approximate surface area is 140 Å². The van der Waals surface area contributed by atoms with Crippen LogP contribution in [-0.4, -0.2) is 26.2 Å². The number of benzene rings is 2. The van der Waals surface area contributed by atoms with Crippen LogP contribution < -0.4 is 20.1 Å². The fourth-order valence-corrected chi connectivity index (χ4v) is 2.16. The number of nitrogens with one attached hydrogen (secondary N) is 2. The van der Waals surface area contributed by atoms with Crippen molar-refractivity contribution >= 4 is 28.9 Å². The molecule has 0 spiro atoms. The molecule has 0 aliphatic carbocycles. The van der Waals surface area contributed by atoms with Crippen molar-refractivity contribution in [3.63, 3.8) is 0 Å². The van der Waals surface area contributed by atoms with Crippen molar-refractivity contribution in [3.8, 4) is 11.5 Å². The average molecular weight is 335 g/mol. The molecule has 23 heavy (non-hydrogen) atoms. The molecule has 1 amide bonds. The van der Waals surface area contributed by atoms with Crippen molar-refractivity contribution in [2.75, 3.05) is 30.9 Å². The van der Waals surface area contributed by atoms with E-state index in [0.29, 0.717) is 23.1 Å². The van der Waals surface area contributed by atoms with E-state index in [1.165, 1.54) is 7.11 Å². The van der Waals surface area contributed by atoms with Gasteiger partial charge in [0.25, 0.3) is 0 Å². The minimum Gasteiger partial charge on any atom is -0.495 e. The van der Waals surface area contributed by atoms with Crippen LogP contribution in [0.5, 0.6) is 11.5 Å². The van der Waals surface area contributed by atoms with Gasteiger partial charge in [-0.05, 0) is 49.4 Å². The van der Waals surface area contributed by atoms with Crippen molar-refractivity contribution in [1.82, 2.24) is 0 Å². The normalized spacial score (nSPS) is 10.0. The smallest absolute Gasteiger partial charge is 0.243 e. The number of halogens is 1. The monoisotopic (exact) mass is 334 g/mol. The van der Waals surface area contributed by atoms with Crippen molar-refractivity contribution in [3.05, 3.63) is 47.5 Å². The summed E-state index contributed by atoms with van der Waals surface area (Å²) in [4.78, 5) is 12.0. The maximum absolute atomic E-state index is 12.0. The molecule has 2 aromatic rings. The lowest BCUT2D eigenvalue weighted by atomic mass is 10.3. The highest BCUT2D eigenvalue weighted by Gasteiger charge is 2.08. The topological polar surface area (TPSA) is 59.6 Å². The Morgan fingerprint density at radius 3 is 2.57 bits per heavy atom. The second-order valence-corrected chi connectivity index (χ2v) is 5.14. The number of rotatable bonds is 7. The summed E-state index contributed by atoms with van der Waals surface area (Å²) in [6.45, 7) is 2.68. The number of ether oxygens (including phenoxy) is 2. The van der Waals surface area contributed by atoms with E-state index in [-0.39, 0.29) is 12.5 Å². The Hall–Kier alpha value is -2.40. The van der Waals surface area contributed by atoms with Crippen molar-refractivity contribution in [1.29, 1.82) is 0 Å². The number of amides is 1. The Balaban J connectivity index is 1.91. The van der Waals surface area contributed by atoms with E-state index in [1.807, 2.05) is 31.2 Å². The molecule has 0 radical (unpaired) electrons. The van der Waals surface area contributed by atoms with Crippen molar-refractivity contribution < 1.29 is 14.3 Å². The van der Waals surface area contributed by atoms with E-state index < -0.39 is 0 Å². The van der Waals surface area contributed by atoms with Crippen molar-refractivity contribution in [2.45, 2.75) is 6.92 Å². The molecule has 0 saturated carbocycles. The fourth-order valence-electron chi connectivity index (χ4n) is 1.99. The highest BCUT2D eigenvalue weighted by atomic mass is 35.5. The number of anilines is 2. The molecule has 0 saturated heterocycles. The van der Waals surface area contributed by atoms with Crippen LogP contribution in [0.15, 0.2) is 42.5 Å². The van der Waals surface area contributed by atoms with Crippen LogP contribution in [0.2, 0.25) is 5.02 Å². The summed E-state index contributed by atoms with van der Waals surface area (Å²) < 4.78 is 10.6. The summed E-state index contributed by atoms with van der Waals surface area (Å²) in [6.07, 6.45) is 0. The molecule has 6 heteroatoms. The van der Waals surface area contributed by atoms with Crippen LogP contribution in [0.4, 0.5) is 11.4 Å². The third kappa shape index (κ3) is 5.07. The summed E-state index contributed by atoms with van der Waals surface area (Å²) in [5, 5.41) is 6.34. The lowest BCUT2D eigenvalue weighted by Crippen LogP contribution is -2.22. The van der Waals surface area contributed by atoms with Gasteiger partial charge in [-0.15, -0.1) is 0 Å². The zero-order valence-corrected chi connectivity index (χ0v) is 13.8. The standard InChI is InChI=1S/C17H19ClN2O3/c1-3-23-14-7-5-13(6-8-14)19-11-17(21)20-15-10-12(18)4-9-16(15)22-2/h4-10,19H,3,11H2,1-2H3,(H,20,21). The predicted octanol–water partition coefficient (Wildman–Crippen LogP) is 3.80. The summed E-state index contributed by atoms with van der Waals surface area (Å²) in [5.41, 5.74) is 1.38. The van der Waals surface area contributed by atoms with Gasteiger partial charge in [-0.2, -0.15) is 0 Å². The zero-order valence-electron chi connectivity index (χ0n) is 13.1. The van der Waals surface area contributed by atoms with Gasteiger partial charge in [-0.1, -0.05) is 11.6 Å². The van der Waals surface area contributed by atoms with Gasteiger partial charge in [0, 0.05) is 10.7 Å². The van der Waals surface area contributed by atoms with Gasteiger partial charge in [-0.25, -0.2) is 0 Å². The first-order valence-corrected chi connectivity index (χ1v) is 7.60. The first-order valence-electron chi connectivity index (χ1n) is 7.22. The molecule has 5 nitrogen and oxygen atoms in total. The summed E-state index contributed by atoms with van der Waals surface area (Å²) >= 11 is 5.94. The molecule has 0 aromatic heterocycles. The number of hydrogen-bond acceptors (Lipinski definition) is 4. The van der Waals surface area contributed by atoms with E-state index in [0.717, 1.165) is 11.4 Å². The predicted molar refractivity (Wildman–Crippen MR) is 92.7 cm³/mol. The van der Waals surface area contributed by atoms with Crippen LogP contribution in [0.1, 0.15) is 6.92 Å². The van der Waals surface area contributed by atoms with Gasteiger partial charge in [0.15, 0.2) is 0 Å². The van der Waals surface area contributed by atoms with Gasteiger partial charge in [0.05, 0.1) is 25.9 Å². The van der Waals surface area contributed by atoms with Crippen LogP contribution >= 0.6 is 11.6 Å². The number of carbonyl (C=O) groups is 1. The highest BCUT2D eigenvalue weighted by molar-refractivity contribution is 6.31. The Kier molecular flexibility index (Phi) is 6.11. The zero-order chi connectivity index (χ0) is 16.7. The van der Waals surface area contributed by atoms with Gasteiger partial charge < -0.3 is 20.1 Å². The molecule has 122 valence electrons. The molecule has 0 aliphatic rings. The molecule has 0 atom stereocenters. The number of hydrogen-bond donors (Lipinski definition) is 2. The molecule has 0 bridgehead atoms. The van der Waals surface area contributed by atoms with E-state index in [2.05, 4.69) is 10.6 Å². The Morgan fingerprint density at radius 2 is 1.91 bits per heavy atom. The third-order valence-electron chi connectivity index (χ3n) is 3.05. The van der Waals surface area contributed by atoms with E-state index in [9.17, 15) is 4.79 Å². The van der Waals surface area contributed by atoms with Gasteiger partial charge in [0.1, 0.15) is 11.5 Å². The second-order valence-electron chi connectivity index (χ2n) is 4.70. The van der Waals surface area contributed by atoms with Crippen LogP contribution in [0, 0.1) is 0 Å². The minimum absolute atomic E-state index is 0.129. The van der Waals surface area contributed by atoms with E-state index in [1.54, 1.807) is 18.2 Å². The average Bonchev–Trinajstić information content (AvgIpc) is 2.55. The Morgan fingerprint density at radius 1 is 1.17 bits per heavy atom. The minimum atomic E-state index is -0.195. The van der Waals surface area contributed by atoms with Gasteiger partial charge in [-0.3, -0.25) is 4.79 Å². The molecule has 0 fully saturated rings. The largest absolute Gasteiger partial charge is 0.495 e. The van der Waals surface area contributed by atoms with Gasteiger partial charge in [0.2, 0.25) is 5.91 Å². The number of methoxy groups -OCH3 is 1. The van der Waals surface area contributed by atoms with E-state index in [4.69, 9.17) is 21.1 Å². The lowest BCUT2D eigenvalue weighted by Gasteiger charge is -2.12. The summed E-state index contributed by atoms with van der Waals surface area (Å²) in [5.74, 6) is 1.16. The SMILES string of the molecule is CCOc1ccc(NCC(=O)Nc2cc(Cl)ccc2OC)cc1. The maximum Gasteiger partial charge on any atom is 0.243 e. The fraction of sp³-hybridized carbons (Fsp3) is 0.235. The molecular formula is C17H19ClN2O3. The summed E-state index contributed by atoms with van der Waals surface area (Å²) in [7, 11) is 1.54. The molecule has 0 unspecified atom stereocenters. The third-order valence-corrected chi connectivity index (χ3v) is 3.29. The van der Waals surface area contributed by atoms with Crippen LogP contribution in [-0.2, 0) is 4.79 Å². The molecule has 2 rings (SSSR count). The lowest BCUT2D eigenvalue weighted by molar-refractivity contribution is -0.114. The van der Waals surface area contributed by atoms with Crippen molar-refractivity contribution in [2.24, 2.45) is 0 Å². The van der Waals surface area contributed by atoms with Crippen LogP contribution in [0.3, 0.4) is 0 Å². The first-order chi connectivity index (χ1) is 11.1. The number of carbonyl (C=O) groups excluding carboxylic acids is 1.